The van der Waals surface area contributed by atoms with Gasteiger partial charge in [-0.1, -0.05) is 19.3 Å². The molecule has 20 heavy (non-hydrogen) atoms. The first-order valence-electron chi connectivity index (χ1n) is 7.40. The fraction of sp³-hybridized carbons (Fsp3) is 0.929. The fourth-order valence-electron chi connectivity index (χ4n) is 3.10. The van der Waals surface area contributed by atoms with Crippen LogP contribution in [-0.4, -0.2) is 62.8 Å². The van der Waals surface area contributed by atoms with Crippen LogP contribution in [0.2, 0.25) is 0 Å². The van der Waals surface area contributed by atoms with Crippen molar-refractivity contribution in [3.05, 3.63) is 0 Å². The van der Waals surface area contributed by atoms with Gasteiger partial charge in [0.25, 0.3) is 0 Å². The molecule has 2 fully saturated rings. The first-order chi connectivity index (χ1) is 9.14. The second kappa shape index (κ2) is 8.17. The SMILES string of the molecule is CN(C)C1(CNC(=O)C2COCCN2)CCCCC1.Cl. The summed E-state index contributed by atoms with van der Waals surface area (Å²) in [4.78, 5) is 14.4. The summed E-state index contributed by atoms with van der Waals surface area (Å²) in [6.45, 7) is 2.69. The third-order valence-corrected chi connectivity index (χ3v) is 4.56. The summed E-state index contributed by atoms with van der Waals surface area (Å²) >= 11 is 0. The lowest BCUT2D eigenvalue weighted by molar-refractivity contribution is -0.126. The van der Waals surface area contributed by atoms with E-state index in [2.05, 4.69) is 29.6 Å². The molecule has 118 valence electrons. The van der Waals surface area contributed by atoms with Crippen molar-refractivity contribution in [2.75, 3.05) is 40.4 Å². The van der Waals surface area contributed by atoms with Crippen LogP contribution < -0.4 is 10.6 Å². The minimum Gasteiger partial charge on any atom is -0.378 e. The number of nitrogens with one attached hydrogen (secondary N) is 2. The molecule has 1 unspecified atom stereocenters. The van der Waals surface area contributed by atoms with E-state index < -0.39 is 0 Å². The molecule has 1 aliphatic carbocycles. The fourth-order valence-corrected chi connectivity index (χ4v) is 3.10. The summed E-state index contributed by atoms with van der Waals surface area (Å²) in [6, 6.07) is -0.184. The number of morpholine rings is 1. The number of nitrogens with zero attached hydrogens (tertiary/aromatic N) is 1. The molecule has 1 saturated carbocycles. The maximum Gasteiger partial charge on any atom is 0.239 e. The van der Waals surface area contributed by atoms with Crippen molar-refractivity contribution < 1.29 is 9.53 Å². The Kier molecular flexibility index (Phi) is 7.23. The Morgan fingerprint density at radius 1 is 1.35 bits per heavy atom. The van der Waals surface area contributed by atoms with Crippen LogP contribution in [0.3, 0.4) is 0 Å². The second-order valence-electron chi connectivity index (χ2n) is 5.98. The molecule has 1 heterocycles. The largest absolute Gasteiger partial charge is 0.378 e. The normalized spacial score (nSPS) is 25.9. The first-order valence-corrected chi connectivity index (χ1v) is 7.40. The van der Waals surface area contributed by atoms with Crippen LogP contribution in [0.4, 0.5) is 0 Å². The Bertz CT molecular complexity index is 301. The average Bonchev–Trinajstić information content (AvgIpc) is 2.46. The van der Waals surface area contributed by atoms with Crippen molar-refractivity contribution in [2.24, 2.45) is 0 Å². The third kappa shape index (κ3) is 4.32. The van der Waals surface area contributed by atoms with E-state index in [0.29, 0.717) is 13.2 Å². The zero-order chi connectivity index (χ0) is 13.7. The van der Waals surface area contributed by atoms with Crippen LogP contribution in [0, 0.1) is 0 Å². The average molecular weight is 306 g/mol. The van der Waals surface area contributed by atoms with Gasteiger partial charge in [0.05, 0.1) is 13.2 Å². The Morgan fingerprint density at radius 3 is 2.60 bits per heavy atom. The smallest absolute Gasteiger partial charge is 0.239 e. The van der Waals surface area contributed by atoms with Gasteiger partial charge < -0.3 is 20.3 Å². The summed E-state index contributed by atoms with van der Waals surface area (Å²) in [6.07, 6.45) is 6.20. The molecule has 2 rings (SSSR count). The highest BCUT2D eigenvalue weighted by molar-refractivity contribution is 5.85. The zero-order valence-corrected chi connectivity index (χ0v) is 13.4. The number of amides is 1. The molecule has 0 aromatic rings. The van der Waals surface area contributed by atoms with Crippen LogP contribution in [0.15, 0.2) is 0 Å². The second-order valence-corrected chi connectivity index (χ2v) is 5.98. The topological polar surface area (TPSA) is 53.6 Å². The number of halogens is 1. The number of likely N-dealkylation sites (N-methyl/N-ethyl adjacent to an activating group) is 1. The molecule has 1 amide bonds. The van der Waals surface area contributed by atoms with E-state index in [1.54, 1.807) is 0 Å². The first kappa shape index (κ1) is 17.7. The van der Waals surface area contributed by atoms with Crippen molar-refractivity contribution in [1.82, 2.24) is 15.5 Å². The summed E-state index contributed by atoms with van der Waals surface area (Å²) in [5.41, 5.74) is 0.142. The molecular formula is C14H28ClN3O2. The molecule has 2 aliphatic rings. The van der Waals surface area contributed by atoms with Gasteiger partial charge in [-0.25, -0.2) is 0 Å². The van der Waals surface area contributed by atoms with Gasteiger partial charge in [-0.15, -0.1) is 12.4 Å². The number of rotatable bonds is 4. The summed E-state index contributed by atoms with van der Waals surface area (Å²) in [5.74, 6) is 0.0755. The monoisotopic (exact) mass is 305 g/mol. The summed E-state index contributed by atoms with van der Waals surface area (Å²) < 4.78 is 5.33. The Hall–Kier alpha value is -0.360. The Morgan fingerprint density at radius 2 is 2.05 bits per heavy atom. The number of hydrogen-bond donors (Lipinski definition) is 2. The molecule has 6 heteroatoms. The van der Waals surface area contributed by atoms with Crippen LogP contribution in [-0.2, 0) is 9.53 Å². The lowest BCUT2D eigenvalue weighted by Gasteiger charge is -2.43. The van der Waals surface area contributed by atoms with Gasteiger partial charge in [-0.05, 0) is 26.9 Å². The number of carbonyl (C=O) groups is 1. The third-order valence-electron chi connectivity index (χ3n) is 4.56. The maximum atomic E-state index is 12.1. The van der Waals surface area contributed by atoms with Crippen LogP contribution in [0.1, 0.15) is 32.1 Å². The molecule has 0 radical (unpaired) electrons. The standard InChI is InChI=1S/C14H27N3O2.ClH/c1-17(2)14(6-4-3-5-7-14)11-16-13(18)12-10-19-9-8-15-12;/h12,15H,3-11H2,1-2H3,(H,16,18);1H. The van der Waals surface area contributed by atoms with Crippen LogP contribution in [0.5, 0.6) is 0 Å². The zero-order valence-electron chi connectivity index (χ0n) is 12.6. The lowest BCUT2D eigenvalue weighted by Crippen LogP contribution is -2.57. The summed E-state index contributed by atoms with van der Waals surface area (Å²) in [7, 11) is 4.25. The molecule has 0 bridgehead atoms. The minimum atomic E-state index is -0.184. The van der Waals surface area contributed by atoms with Gasteiger partial charge in [0.2, 0.25) is 5.91 Å². The molecule has 0 aromatic heterocycles. The van der Waals surface area contributed by atoms with Gasteiger partial charge in [0.1, 0.15) is 6.04 Å². The molecule has 1 atom stereocenters. The highest BCUT2D eigenvalue weighted by atomic mass is 35.5. The molecule has 0 spiro atoms. The maximum absolute atomic E-state index is 12.1. The number of carbonyl (C=O) groups excluding carboxylic acids is 1. The van der Waals surface area contributed by atoms with E-state index in [1.807, 2.05) is 0 Å². The molecule has 5 nitrogen and oxygen atoms in total. The van der Waals surface area contributed by atoms with Crippen LogP contribution >= 0.6 is 12.4 Å². The predicted molar refractivity (Wildman–Crippen MR) is 82.4 cm³/mol. The highest BCUT2D eigenvalue weighted by Crippen LogP contribution is 2.31. The van der Waals surface area contributed by atoms with Crippen LogP contribution in [0.25, 0.3) is 0 Å². The predicted octanol–water partition coefficient (Wildman–Crippen LogP) is 0.777. The van der Waals surface area contributed by atoms with Crippen molar-refractivity contribution in [2.45, 2.75) is 43.7 Å². The number of hydrogen-bond acceptors (Lipinski definition) is 4. The van der Waals surface area contributed by atoms with Gasteiger partial charge in [0.15, 0.2) is 0 Å². The van der Waals surface area contributed by atoms with E-state index in [1.165, 1.54) is 32.1 Å². The molecular weight excluding hydrogens is 278 g/mol. The van der Waals surface area contributed by atoms with E-state index >= 15 is 0 Å². The van der Waals surface area contributed by atoms with Crippen molar-refractivity contribution in [3.63, 3.8) is 0 Å². The molecule has 1 aliphatic heterocycles. The van der Waals surface area contributed by atoms with Gasteiger partial charge >= 0.3 is 0 Å². The van der Waals surface area contributed by atoms with E-state index in [-0.39, 0.29) is 29.9 Å². The molecule has 2 N–H and O–H groups in total. The minimum absolute atomic E-state index is 0. The Balaban J connectivity index is 0.00000200. The van der Waals surface area contributed by atoms with Crippen molar-refractivity contribution in [3.8, 4) is 0 Å². The van der Waals surface area contributed by atoms with Crippen molar-refractivity contribution >= 4 is 18.3 Å². The quantitative estimate of drug-likeness (QED) is 0.806. The van der Waals surface area contributed by atoms with Crippen molar-refractivity contribution in [1.29, 1.82) is 0 Å². The van der Waals surface area contributed by atoms with Gasteiger partial charge in [0, 0.05) is 18.6 Å². The van der Waals surface area contributed by atoms with Gasteiger partial charge in [-0.2, -0.15) is 0 Å². The highest BCUT2D eigenvalue weighted by Gasteiger charge is 2.35. The summed E-state index contributed by atoms with van der Waals surface area (Å²) in [5, 5.41) is 6.32. The van der Waals surface area contributed by atoms with E-state index in [9.17, 15) is 4.79 Å². The van der Waals surface area contributed by atoms with Gasteiger partial charge in [-0.3, -0.25) is 4.79 Å². The van der Waals surface area contributed by atoms with E-state index in [0.717, 1.165) is 13.1 Å². The van der Waals surface area contributed by atoms with E-state index in [4.69, 9.17) is 4.74 Å². The lowest BCUT2D eigenvalue weighted by atomic mass is 9.80. The number of ether oxygens (including phenoxy) is 1. The Labute approximate surface area is 128 Å². The molecule has 1 saturated heterocycles. The molecule has 0 aromatic carbocycles.